The van der Waals surface area contributed by atoms with Crippen molar-refractivity contribution in [2.75, 3.05) is 0 Å². The molecule has 4 rings (SSSR count). The van der Waals surface area contributed by atoms with Crippen molar-refractivity contribution in [3.63, 3.8) is 0 Å². The zero-order chi connectivity index (χ0) is 20.1. The molecule has 1 aliphatic heterocycles. The predicted molar refractivity (Wildman–Crippen MR) is 94.9 cm³/mol. The van der Waals surface area contributed by atoms with Gasteiger partial charge in [0.05, 0.1) is 17.6 Å². The van der Waals surface area contributed by atoms with Crippen LogP contribution in [0.2, 0.25) is 0 Å². The first-order valence-corrected chi connectivity index (χ1v) is 8.43. The molecule has 0 bridgehead atoms. The first-order chi connectivity index (χ1) is 13.3. The molecular formula is C20H14F2N4O2. The van der Waals surface area contributed by atoms with Crippen LogP contribution in [0.5, 0.6) is 0 Å². The smallest absolute Gasteiger partial charge is 0.322 e. The molecule has 3 aromatic rings. The minimum absolute atomic E-state index is 0.117. The summed E-state index contributed by atoms with van der Waals surface area (Å²) in [4.78, 5) is 26.4. The van der Waals surface area contributed by atoms with E-state index in [9.17, 15) is 23.6 Å². The molecule has 0 saturated carbocycles. The normalized spacial score (nSPS) is 19.1. The van der Waals surface area contributed by atoms with Crippen LogP contribution in [0.25, 0.3) is 5.52 Å². The molecule has 1 saturated heterocycles. The lowest BCUT2D eigenvalue weighted by Gasteiger charge is -2.22. The van der Waals surface area contributed by atoms with Crippen LogP contribution < -0.4 is 5.32 Å². The number of carbonyl (C=O) groups excluding carboxylic acids is 2. The second kappa shape index (κ2) is 6.16. The zero-order valence-corrected chi connectivity index (χ0v) is 14.7. The lowest BCUT2D eigenvalue weighted by atomic mass is 9.92. The second-order valence-corrected chi connectivity index (χ2v) is 6.71. The van der Waals surface area contributed by atoms with Crippen molar-refractivity contribution < 1.29 is 18.4 Å². The van der Waals surface area contributed by atoms with Gasteiger partial charge in [-0.25, -0.2) is 13.6 Å². The number of carbonyl (C=O) groups is 2. The number of hydrogen-bond acceptors (Lipinski definition) is 3. The molecule has 1 fully saturated rings. The highest BCUT2D eigenvalue weighted by molar-refractivity contribution is 6.07. The van der Waals surface area contributed by atoms with E-state index in [1.807, 2.05) is 0 Å². The summed E-state index contributed by atoms with van der Waals surface area (Å²) in [7, 11) is 0. The predicted octanol–water partition coefficient (Wildman–Crippen LogP) is 3.06. The van der Waals surface area contributed by atoms with E-state index >= 15 is 0 Å². The van der Waals surface area contributed by atoms with Crippen molar-refractivity contribution in [3.8, 4) is 6.07 Å². The standard InChI is InChI=1S/C20H14F2N4O2/c1-20(13-5-6-15(21)16(22)8-13)18(27)26(19(28)24-20)11-12-10-25-7-3-2-4-17(25)14(12)9-23/h2-8,10H,11H2,1H3,(H,24,28)/t20-/m1/s1. The third-order valence-electron chi connectivity index (χ3n) is 4.97. The molecule has 28 heavy (non-hydrogen) atoms. The molecule has 3 amide bonds. The fourth-order valence-electron chi connectivity index (χ4n) is 3.44. The second-order valence-electron chi connectivity index (χ2n) is 6.71. The van der Waals surface area contributed by atoms with Crippen molar-refractivity contribution in [2.24, 2.45) is 0 Å². The van der Waals surface area contributed by atoms with Crippen molar-refractivity contribution >= 4 is 17.5 Å². The molecule has 0 unspecified atom stereocenters. The number of nitriles is 1. The SMILES string of the molecule is C[C@]1(c2ccc(F)c(F)c2)NC(=O)N(Cc2cn3ccccc3c2C#N)C1=O. The molecule has 8 heteroatoms. The van der Waals surface area contributed by atoms with Gasteiger partial charge in [0.15, 0.2) is 11.6 Å². The van der Waals surface area contributed by atoms with Gasteiger partial charge in [-0.05, 0) is 36.8 Å². The lowest BCUT2D eigenvalue weighted by Crippen LogP contribution is -2.41. The molecule has 3 heterocycles. The van der Waals surface area contributed by atoms with Gasteiger partial charge in [0.2, 0.25) is 0 Å². The Morgan fingerprint density at radius 2 is 1.96 bits per heavy atom. The molecule has 2 aromatic heterocycles. The molecule has 1 N–H and O–H groups in total. The number of nitrogens with one attached hydrogen (secondary N) is 1. The highest BCUT2D eigenvalue weighted by atomic mass is 19.2. The van der Waals surface area contributed by atoms with Gasteiger partial charge in [-0.3, -0.25) is 9.69 Å². The Kier molecular flexibility index (Phi) is 3.89. The van der Waals surface area contributed by atoms with E-state index in [2.05, 4.69) is 11.4 Å². The van der Waals surface area contributed by atoms with Crippen LogP contribution in [-0.2, 0) is 16.9 Å². The summed E-state index contributed by atoms with van der Waals surface area (Å²) in [5.41, 5.74) is 0.136. The zero-order valence-electron chi connectivity index (χ0n) is 14.7. The number of imide groups is 1. The number of pyridine rings is 1. The number of hydrogen-bond donors (Lipinski definition) is 1. The Morgan fingerprint density at radius 3 is 2.68 bits per heavy atom. The van der Waals surface area contributed by atoms with Gasteiger partial charge >= 0.3 is 6.03 Å². The Labute approximate surface area is 158 Å². The molecule has 1 aliphatic rings. The van der Waals surface area contributed by atoms with Crippen LogP contribution in [0.4, 0.5) is 13.6 Å². The van der Waals surface area contributed by atoms with E-state index in [0.717, 1.165) is 17.0 Å². The summed E-state index contributed by atoms with van der Waals surface area (Å²) in [6.07, 6.45) is 3.44. The number of urea groups is 1. The molecule has 0 aliphatic carbocycles. The number of aromatic nitrogens is 1. The fourth-order valence-corrected chi connectivity index (χ4v) is 3.44. The monoisotopic (exact) mass is 380 g/mol. The minimum Gasteiger partial charge on any atom is -0.322 e. The number of amides is 3. The Balaban J connectivity index is 1.71. The van der Waals surface area contributed by atoms with Crippen molar-refractivity contribution in [2.45, 2.75) is 19.0 Å². The molecule has 1 atom stereocenters. The Bertz CT molecular complexity index is 1180. The maximum atomic E-state index is 13.6. The quantitative estimate of drug-likeness (QED) is 0.710. The molecule has 0 radical (unpaired) electrons. The number of benzene rings is 1. The average Bonchev–Trinajstić information content (AvgIpc) is 3.14. The maximum Gasteiger partial charge on any atom is 0.325 e. The summed E-state index contributed by atoms with van der Waals surface area (Å²) in [6.45, 7) is 1.32. The van der Waals surface area contributed by atoms with Crippen molar-refractivity contribution in [3.05, 3.63) is 77.1 Å². The van der Waals surface area contributed by atoms with Gasteiger partial charge in [-0.15, -0.1) is 0 Å². The van der Waals surface area contributed by atoms with Gasteiger partial charge in [0.1, 0.15) is 11.6 Å². The van der Waals surface area contributed by atoms with E-state index in [-0.39, 0.29) is 12.1 Å². The number of fused-ring (bicyclic) bond motifs is 1. The third kappa shape index (κ3) is 2.52. The summed E-state index contributed by atoms with van der Waals surface area (Å²) in [6, 6.07) is 9.84. The van der Waals surface area contributed by atoms with Gasteiger partial charge in [-0.2, -0.15) is 5.26 Å². The van der Waals surface area contributed by atoms with E-state index in [1.165, 1.54) is 13.0 Å². The van der Waals surface area contributed by atoms with Gasteiger partial charge in [0.25, 0.3) is 5.91 Å². The van der Waals surface area contributed by atoms with Crippen LogP contribution in [0.15, 0.2) is 48.8 Å². The number of nitrogens with zero attached hydrogens (tertiary/aromatic N) is 3. The first-order valence-electron chi connectivity index (χ1n) is 8.43. The van der Waals surface area contributed by atoms with Crippen LogP contribution in [0.1, 0.15) is 23.6 Å². The summed E-state index contributed by atoms with van der Waals surface area (Å²) in [5, 5.41) is 12.0. The van der Waals surface area contributed by atoms with Gasteiger partial charge < -0.3 is 9.72 Å². The lowest BCUT2D eigenvalue weighted by molar-refractivity contribution is -0.131. The van der Waals surface area contributed by atoms with Crippen molar-refractivity contribution in [1.82, 2.24) is 14.6 Å². The summed E-state index contributed by atoms with van der Waals surface area (Å²) >= 11 is 0. The topological polar surface area (TPSA) is 77.6 Å². The highest BCUT2D eigenvalue weighted by Crippen LogP contribution is 2.31. The average molecular weight is 380 g/mol. The fraction of sp³-hybridized carbons (Fsp3) is 0.150. The van der Waals surface area contributed by atoms with Gasteiger partial charge in [-0.1, -0.05) is 12.1 Å². The maximum absolute atomic E-state index is 13.6. The molecule has 6 nitrogen and oxygen atoms in total. The van der Waals surface area contributed by atoms with Crippen LogP contribution in [0.3, 0.4) is 0 Å². The first kappa shape index (κ1) is 17.7. The van der Waals surface area contributed by atoms with Gasteiger partial charge in [0, 0.05) is 18.0 Å². The molecule has 1 aromatic carbocycles. The van der Waals surface area contributed by atoms with E-state index < -0.39 is 29.1 Å². The number of halogens is 2. The Morgan fingerprint density at radius 1 is 1.18 bits per heavy atom. The van der Waals surface area contributed by atoms with Crippen LogP contribution >= 0.6 is 0 Å². The largest absolute Gasteiger partial charge is 0.325 e. The summed E-state index contributed by atoms with van der Waals surface area (Å²) in [5.74, 6) is -2.76. The molecule has 0 spiro atoms. The van der Waals surface area contributed by atoms with E-state index in [1.54, 1.807) is 35.0 Å². The summed E-state index contributed by atoms with van der Waals surface area (Å²) < 4.78 is 28.6. The van der Waals surface area contributed by atoms with Crippen LogP contribution in [-0.4, -0.2) is 21.2 Å². The molecular weight excluding hydrogens is 366 g/mol. The van der Waals surface area contributed by atoms with Crippen LogP contribution in [0, 0.1) is 23.0 Å². The molecule has 140 valence electrons. The third-order valence-corrected chi connectivity index (χ3v) is 4.97. The van der Waals surface area contributed by atoms with Crippen molar-refractivity contribution in [1.29, 1.82) is 5.26 Å². The highest BCUT2D eigenvalue weighted by Gasteiger charge is 2.49. The van der Waals surface area contributed by atoms with E-state index in [0.29, 0.717) is 16.6 Å². The minimum atomic E-state index is -1.53. The Hall–Kier alpha value is -3.73. The van der Waals surface area contributed by atoms with E-state index in [4.69, 9.17) is 0 Å². The number of rotatable bonds is 3.